The van der Waals surface area contributed by atoms with E-state index in [1.54, 1.807) is 6.07 Å². The van der Waals surface area contributed by atoms with Crippen LogP contribution in [0.1, 0.15) is 21.3 Å². The van der Waals surface area contributed by atoms with Gasteiger partial charge < -0.3 is 0 Å². The van der Waals surface area contributed by atoms with E-state index < -0.39 is 5.92 Å². The topological polar surface area (TPSA) is 66.6 Å². The number of carbonyl (C=O) groups is 1. The highest BCUT2D eigenvalue weighted by Crippen LogP contribution is 2.29. The first kappa shape index (κ1) is 16.8. The Labute approximate surface area is 155 Å². The predicted molar refractivity (Wildman–Crippen MR) is 97.2 cm³/mol. The van der Waals surface area contributed by atoms with E-state index in [9.17, 15) is 10.1 Å². The molecule has 2 heterocycles. The number of aromatic nitrogens is 2. The molecule has 4 nitrogen and oxygen atoms in total. The van der Waals surface area contributed by atoms with Crippen molar-refractivity contribution in [3.63, 3.8) is 0 Å². The molecule has 0 radical (unpaired) electrons. The fraction of sp³-hybridized carbons (Fsp3) is 0.0588. The maximum atomic E-state index is 12.5. The molecule has 0 aliphatic rings. The number of rotatable bonds is 4. The van der Waals surface area contributed by atoms with Crippen LogP contribution in [-0.4, -0.2) is 15.8 Å². The van der Waals surface area contributed by atoms with E-state index in [1.165, 1.54) is 23.6 Å². The number of hydrogen-bond donors (Lipinski definition) is 0. The van der Waals surface area contributed by atoms with Crippen molar-refractivity contribution in [2.45, 2.75) is 5.92 Å². The Hall–Kier alpha value is -2.07. The minimum atomic E-state index is -0.956. The highest BCUT2D eigenvalue weighted by atomic mass is 79.9. The molecule has 3 rings (SSSR count). The summed E-state index contributed by atoms with van der Waals surface area (Å²) in [5.74, 6) is -1.29. The van der Waals surface area contributed by atoms with Crippen molar-refractivity contribution in [2.75, 3.05) is 0 Å². The molecule has 24 heavy (non-hydrogen) atoms. The van der Waals surface area contributed by atoms with Crippen molar-refractivity contribution in [3.8, 4) is 17.3 Å². The van der Waals surface area contributed by atoms with Gasteiger partial charge in [-0.25, -0.2) is 9.97 Å². The number of nitriles is 1. The Morgan fingerprint density at radius 3 is 2.62 bits per heavy atom. The van der Waals surface area contributed by atoms with Crippen LogP contribution in [0.4, 0.5) is 0 Å². The third-order valence-electron chi connectivity index (χ3n) is 3.31. The normalized spacial score (nSPS) is 11.7. The second-order valence-electron chi connectivity index (χ2n) is 4.87. The first-order chi connectivity index (χ1) is 11.6. The summed E-state index contributed by atoms with van der Waals surface area (Å²) >= 11 is 10.4. The van der Waals surface area contributed by atoms with Crippen LogP contribution in [0.15, 0.2) is 52.4 Å². The fourth-order valence-corrected chi connectivity index (χ4v) is 3.33. The Morgan fingerprint density at radius 2 is 2.00 bits per heavy atom. The highest BCUT2D eigenvalue weighted by molar-refractivity contribution is 9.10. The number of Topliss-reactive ketones (excluding diaryl/α,β-unsaturated/α-hetero) is 1. The van der Waals surface area contributed by atoms with Crippen LogP contribution in [0.25, 0.3) is 11.3 Å². The van der Waals surface area contributed by atoms with Gasteiger partial charge in [0.1, 0.15) is 10.2 Å². The van der Waals surface area contributed by atoms with Gasteiger partial charge in [-0.2, -0.15) is 5.26 Å². The van der Waals surface area contributed by atoms with E-state index >= 15 is 0 Å². The maximum absolute atomic E-state index is 12.5. The number of pyridine rings is 1. The molecular formula is C17H9BrClN3OS. The van der Waals surface area contributed by atoms with Crippen molar-refractivity contribution in [3.05, 3.63) is 68.2 Å². The van der Waals surface area contributed by atoms with E-state index in [1.807, 2.05) is 35.7 Å². The average molecular weight is 419 g/mol. The molecule has 0 aliphatic heterocycles. The molecule has 1 atom stereocenters. The fourth-order valence-electron chi connectivity index (χ4n) is 2.09. The first-order valence-corrected chi connectivity index (χ1v) is 8.90. The number of halogens is 2. The molecule has 0 spiro atoms. The number of thiazole rings is 1. The first-order valence-electron chi connectivity index (χ1n) is 6.85. The Kier molecular flexibility index (Phi) is 5.05. The standard InChI is InChI=1S/C17H9BrClN3OS/c18-12-4-1-10(2-5-12)14-9-24-17(22-14)13(7-20)16(23)11-3-6-15(19)21-8-11/h1-6,8-9,13H. The zero-order chi connectivity index (χ0) is 17.1. The summed E-state index contributed by atoms with van der Waals surface area (Å²) in [6.07, 6.45) is 1.37. The van der Waals surface area contributed by atoms with E-state index in [0.717, 1.165) is 15.7 Å². The summed E-state index contributed by atoms with van der Waals surface area (Å²) in [6, 6.07) is 12.8. The second-order valence-corrected chi connectivity index (χ2v) is 7.07. The SMILES string of the molecule is N#CC(C(=O)c1ccc(Cl)nc1)c1nc(-c2ccc(Br)cc2)cs1. The number of nitrogens with zero attached hydrogens (tertiary/aromatic N) is 3. The summed E-state index contributed by atoms with van der Waals surface area (Å²) < 4.78 is 0.974. The van der Waals surface area contributed by atoms with Gasteiger partial charge in [0.2, 0.25) is 0 Å². The molecule has 0 N–H and O–H groups in total. The van der Waals surface area contributed by atoms with Crippen LogP contribution in [-0.2, 0) is 0 Å². The molecule has 1 unspecified atom stereocenters. The molecule has 2 aromatic heterocycles. The smallest absolute Gasteiger partial charge is 0.188 e. The van der Waals surface area contributed by atoms with Gasteiger partial charge in [-0.1, -0.05) is 39.7 Å². The number of hydrogen-bond acceptors (Lipinski definition) is 5. The van der Waals surface area contributed by atoms with Gasteiger partial charge in [0, 0.05) is 27.2 Å². The van der Waals surface area contributed by atoms with Gasteiger partial charge in [-0.15, -0.1) is 11.3 Å². The van der Waals surface area contributed by atoms with Crippen molar-refractivity contribution in [2.24, 2.45) is 0 Å². The summed E-state index contributed by atoms with van der Waals surface area (Å²) in [5, 5.41) is 12.0. The summed E-state index contributed by atoms with van der Waals surface area (Å²) in [7, 11) is 0. The van der Waals surface area contributed by atoms with Gasteiger partial charge in [-0.05, 0) is 24.3 Å². The molecule has 0 bridgehead atoms. The lowest BCUT2D eigenvalue weighted by Gasteiger charge is -2.05. The minimum Gasteiger partial charge on any atom is -0.292 e. The monoisotopic (exact) mass is 417 g/mol. The minimum absolute atomic E-state index is 0.298. The van der Waals surface area contributed by atoms with Gasteiger partial charge in [0.25, 0.3) is 0 Å². The molecule has 0 aliphatic carbocycles. The summed E-state index contributed by atoms with van der Waals surface area (Å²) in [6.45, 7) is 0. The van der Waals surface area contributed by atoms with Gasteiger partial charge in [0.15, 0.2) is 11.7 Å². The highest BCUT2D eigenvalue weighted by Gasteiger charge is 2.25. The van der Waals surface area contributed by atoms with Crippen LogP contribution < -0.4 is 0 Å². The summed E-state index contributed by atoms with van der Waals surface area (Å²) in [5.41, 5.74) is 2.01. The lowest BCUT2D eigenvalue weighted by molar-refractivity contribution is 0.0978. The molecular weight excluding hydrogens is 410 g/mol. The van der Waals surface area contributed by atoms with Crippen molar-refractivity contribution < 1.29 is 4.79 Å². The zero-order valence-electron chi connectivity index (χ0n) is 12.1. The molecule has 0 saturated heterocycles. The maximum Gasteiger partial charge on any atom is 0.188 e. The third-order valence-corrected chi connectivity index (χ3v) is 4.97. The van der Waals surface area contributed by atoms with E-state index in [-0.39, 0.29) is 5.78 Å². The largest absolute Gasteiger partial charge is 0.292 e. The second kappa shape index (κ2) is 7.22. The van der Waals surface area contributed by atoms with E-state index in [4.69, 9.17) is 11.6 Å². The van der Waals surface area contributed by atoms with Crippen molar-refractivity contribution in [1.82, 2.24) is 9.97 Å². The average Bonchev–Trinajstić information content (AvgIpc) is 3.06. The van der Waals surface area contributed by atoms with Crippen LogP contribution >= 0.6 is 38.9 Å². The molecule has 0 saturated carbocycles. The Morgan fingerprint density at radius 1 is 1.25 bits per heavy atom. The molecule has 7 heteroatoms. The third kappa shape index (κ3) is 3.54. The lowest BCUT2D eigenvalue weighted by atomic mass is 10.0. The predicted octanol–water partition coefficient (Wildman–Crippen LogP) is 5.11. The quantitative estimate of drug-likeness (QED) is 0.436. The van der Waals surface area contributed by atoms with Crippen molar-refractivity contribution >= 4 is 44.7 Å². The molecule has 3 aromatic rings. The van der Waals surface area contributed by atoms with Crippen LogP contribution in [0.2, 0.25) is 5.15 Å². The molecule has 0 amide bonds. The van der Waals surface area contributed by atoms with Gasteiger partial charge >= 0.3 is 0 Å². The lowest BCUT2D eigenvalue weighted by Crippen LogP contribution is -2.11. The van der Waals surface area contributed by atoms with Gasteiger partial charge in [0.05, 0.1) is 11.8 Å². The van der Waals surface area contributed by atoms with E-state index in [0.29, 0.717) is 15.7 Å². The number of ketones is 1. The molecule has 0 fully saturated rings. The summed E-state index contributed by atoms with van der Waals surface area (Å²) in [4.78, 5) is 20.9. The van der Waals surface area contributed by atoms with Crippen LogP contribution in [0.3, 0.4) is 0 Å². The Bertz CT molecular complexity index is 916. The molecule has 118 valence electrons. The number of carbonyl (C=O) groups excluding carboxylic acids is 1. The van der Waals surface area contributed by atoms with Crippen molar-refractivity contribution in [1.29, 1.82) is 5.26 Å². The van der Waals surface area contributed by atoms with Crippen LogP contribution in [0.5, 0.6) is 0 Å². The van der Waals surface area contributed by atoms with Crippen LogP contribution in [0, 0.1) is 11.3 Å². The van der Waals surface area contributed by atoms with Gasteiger partial charge in [-0.3, -0.25) is 4.79 Å². The Balaban J connectivity index is 1.89. The molecule has 1 aromatic carbocycles. The zero-order valence-corrected chi connectivity index (χ0v) is 15.3. The number of benzene rings is 1. The van der Waals surface area contributed by atoms with E-state index in [2.05, 4.69) is 25.9 Å².